The van der Waals surface area contributed by atoms with Crippen molar-refractivity contribution in [3.8, 4) is 0 Å². The van der Waals surface area contributed by atoms with Gasteiger partial charge in [0.1, 0.15) is 0 Å². The molecule has 0 spiro atoms. The van der Waals surface area contributed by atoms with Crippen molar-refractivity contribution in [3.05, 3.63) is 0 Å². The average molecular weight is 318 g/mol. The van der Waals surface area contributed by atoms with E-state index in [0.29, 0.717) is 0 Å². The Morgan fingerprint density at radius 2 is 1.52 bits per heavy atom. The van der Waals surface area contributed by atoms with Gasteiger partial charge in [0.15, 0.2) is 0 Å². The number of nitrogens with one attached hydrogen (secondary N) is 1. The molecule has 5 fully saturated rings. The van der Waals surface area contributed by atoms with E-state index >= 15 is 0 Å². The Bertz CT molecular complexity index is 458. The van der Waals surface area contributed by atoms with Crippen LogP contribution in [0.1, 0.15) is 58.3 Å². The van der Waals surface area contributed by atoms with Crippen LogP contribution in [0.4, 0.5) is 0 Å². The Balaban J connectivity index is 1.33. The minimum atomic E-state index is -0.133. The summed E-state index contributed by atoms with van der Waals surface area (Å²) in [6, 6.07) is 0. The first-order chi connectivity index (χ1) is 11.0. The molecule has 4 aliphatic carbocycles. The van der Waals surface area contributed by atoms with Crippen LogP contribution in [-0.4, -0.2) is 36.3 Å². The van der Waals surface area contributed by atoms with Gasteiger partial charge in [-0.25, -0.2) is 0 Å². The molecule has 0 aromatic carbocycles. The predicted molar refractivity (Wildman–Crippen MR) is 88.6 cm³/mol. The molecule has 0 radical (unpaired) electrons. The zero-order valence-corrected chi connectivity index (χ0v) is 14.4. The molecule has 1 saturated heterocycles. The van der Waals surface area contributed by atoms with Crippen molar-refractivity contribution >= 4 is 11.8 Å². The zero-order chi connectivity index (χ0) is 16.0. The molecule has 4 nitrogen and oxygen atoms in total. The van der Waals surface area contributed by atoms with Crippen molar-refractivity contribution in [2.24, 2.45) is 29.1 Å². The maximum atomic E-state index is 12.9. The lowest BCUT2D eigenvalue weighted by atomic mass is 9.49. The minimum absolute atomic E-state index is 0.106. The molecule has 23 heavy (non-hydrogen) atoms. The summed E-state index contributed by atoms with van der Waals surface area (Å²) < 4.78 is 0. The summed E-state index contributed by atoms with van der Waals surface area (Å²) in [6.07, 6.45) is 9.43. The quantitative estimate of drug-likeness (QED) is 0.869. The maximum absolute atomic E-state index is 12.9. The van der Waals surface area contributed by atoms with Crippen LogP contribution in [0.5, 0.6) is 0 Å². The lowest BCUT2D eigenvalue weighted by Gasteiger charge is -2.55. The number of carbonyl (C=O) groups is 2. The van der Waals surface area contributed by atoms with Crippen molar-refractivity contribution in [2.45, 2.75) is 58.3 Å². The largest absolute Gasteiger partial charge is 0.347 e. The molecule has 4 bridgehead atoms. The standard InChI is InChI=1S/C19H30N2O2/c1-13-2-4-21(5-3-13)17(22)12-20-18(23)19-9-14-6-15(10-19)8-16(7-14)11-19/h13-16H,2-12H2,1H3,(H,20,23). The first-order valence-electron chi connectivity index (χ1n) is 9.60. The van der Waals surface area contributed by atoms with E-state index in [9.17, 15) is 9.59 Å². The van der Waals surface area contributed by atoms with Gasteiger partial charge in [-0.15, -0.1) is 0 Å². The second-order valence-corrected chi connectivity index (χ2v) is 8.94. The Labute approximate surface area is 139 Å². The summed E-state index contributed by atoms with van der Waals surface area (Å²) in [5.74, 6) is 3.31. The highest BCUT2D eigenvalue weighted by atomic mass is 16.2. The SMILES string of the molecule is CC1CCN(C(=O)CNC(=O)C23CC4CC(CC(C4)C2)C3)CC1. The normalized spacial score (nSPS) is 39.5. The molecule has 0 aromatic heterocycles. The highest BCUT2D eigenvalue weighted by Gasteiger charge is 2.54. The second kappa shape index (κ2) is 5.78. The number of amides is 2. The van der Waals surface area contributed by atoms with Gasteiger partial charge in [-0.05, 0) is 75.0 Å². The Morgan fingerprint density at radius 3 is 2.04 bits per heavy atom. The topological polar surface area (TPSA) is 49.4 Å². The van der Waals surface area contributed by atoms with Crippen molar-refractivity contribution in [2.75, 3.05) is 19.6 Å². The van der Waals surface area contributed by atoms with Gasteiger partial charge >= 0.3 is 0 Å². The van der Waals surface area contributed by atoms with E-state index in [1.807, 2.05) is 4.90 Å². The summed E-state index contributed by atoms with van der Waals surface area (Å²) in [4.78, 5) is 27.1. The molecule has 0 atom stereocenters. The van der Waals surface area contributed by atoms with E-state index in [1.54, 1.807) is 0 Å². The van der Waals surface area contributed by atoms with Crippen LogP contribution in [0.15, 0.2) is 0 Å². The summed E-state index contributed by atoms with van der Waals surface area (Å²) >= 11 is 0. The van der Waals surface area contributed by atoms with Crippen LogP contribution in [0.2, 0.25) is 0 Å². The molecule has 4 heteroatoms. The number of likely N-dealkylation sites (tertiary alicyclic amines) is 1. The first-order valence-corrected chi connectivity index (χ1v) is 9.60. The third kappa shape index (κ3) is 2.89. The lowest BCUT2D eigenvalue weighted by Crippen LogP contribution is -2.55. The van der Waals surface area contributed by atoms with E-state index in [4.69, 9.17) is 0 Å². The number of hydrogen-bond acceptors (Lipinski definition) is 2. The van der Waals surface area contributed by atoms with Crippen molar-refractivity contribution < 1.29 is 9.59 Å². The monoisotopic (exact) mass is 318 g/mol. The van der Waals surface area contributed by atoms with Crippen LogP contribution in [-0.2, 0) is 9.59 Å². The van der Waals surface area contributed by atoms with Gasteiger partial charge in [0.05, 0.1) is 6.54 Å². The van der Waals surface area contributed by atoms with Gasteiger partial charge in [-0.3, -0.25) is 9.59 Å². The summed E-state index contributed by atoms with van der Waals surface area (Å²) in [6.45, 7) is 4.16. The predicted octanol–water partition coefficient (Wildman–Crippen LogP) is 2.58. The molecule has 2 amide bonds. The van der Waals surface area contributed by atoms with Crippen LogP contribution in [0.25, 0.3) is 0 Å². The highest BCUT2D eigenvalue weighted by Crippen LogP contribution is 2.60. The molecule has 128 valence electrons. The van der Waals surface area contributed by atoms with Gasteiger partial charge in [-0.2, -0.15) is 0 Å². The zero-order valence-electron chi connectivity index (χ0n) is 14.4. The van der Waals surface area contributed by atoms with Gasteiger partial charge in [0, 0.05) is 18.5 Å². The Kier molecular flexibility index (Phi) is 3.89. The van der Waals surface area contributed by atoms with E-state index in [2.05, 4.69) is 12.2 Å². The molecule has 5 rings (SSSR count). The van der Waals surface area contributed by atoms with Crippen LogP contribution >= 0.6 is 0 Å². The van der Waals surface area contributed by atoms with Gasteiger partial charge in [0.25, 0.3) is 0 Å². The lowest BCUT2D eigenvalue weighted by molar-refractivity contribution is -0.148. The van der Waals surface area contributed by atoms with E-state index in [-0.39, 0.29) is 23.8 Å². The smallest absolute Gasteiger partial charge is 0.241 e. The number of nitrogens with zero attached hydrogens (tertiary/aromatic N) is 1. The molecule has 1 N–H and O–H groups in total. The molecule has 5 aliphatic rings. The molecule has 4 saturated carbocycles. The van der Waals surface area contributed by atoms with Crippen molar-refractivity contribution in [3.63, 3.8) is 0 Å². The first kappa shape index (κ1) is 15.5. The highest BCUT2D eigenvalue weighted by molar-refractivity contribution is 5.88. The summed E-state index contributed by atoms with van der Waals surface area (Å²) in [5, 5.41) is 3.02. The number of piperidine rings is 1. The van der Waals surface area contributed by atoms with Crippen molar-refractivity contribution in [1.29, 1.82) is 0 Å². The van der Waals surface area contributed by atoms with Gasteiger partial charge in [-0.1, -0.05) is 6.92 Å². The summed E-state index contributed by atoms with van der Waals surface area (Å²) in [5.41, 5.74) is -0.133. The average Bonchev–Trinajstić information content (AvgIpc) is 2.51. The van der Waals surface area contributed by atoms with Crippen LogP contribution < -0.4 is 5.32 Å². The second-order valence-electron chi connectivity index (χ2n) is 8.94. The number of rotatable bonds is 3. The molecule has 0 unspecified atom stereocenters. The number of hydrogen-bond donors (Lipinski definition) is 1. The molecule has 0 aromatic rings. The summed E-state index contributed by atoms with van der Waals surface area (Å²) in [7, 11) is 0. The molecular weight excluding hydrogens is 288 g/mol. The molecule has 1 aliphatic heterocycles. The van der Waals surface area contributed by atoms with Crippen LogP contribution in [0.3, 0.4) is 0 Å². The van der Waals surface area contributed by atoms with Crippen LogP contribution in [0, 0.1) is 29.1 Å². The van der Waals surface area contributed by atoms with E-state index in [0.717, 1.165) is 68.9 Å². The van der Waals surface area contributed by atoms with E-state index in [1.165, 1.54) is 19.3 Å². The van der Waals surface area contributed by atoms with Crippen molar-refractivity contribution in [1.82, 2.24) is 10.2 Å². The third-order valence-electron chi connectivity index (χ3n) is 7.06. The fraction of sp³-hybridized carbons (Fsp3) is 0.895. The number of carbonyl (C=O) groups excluding carboxylic acids is 2. The van der Waals surface area contributed by atoms with E-state index < -0.39 is 0 Å². The maximum Gasteiger partial charge on any atom is 0.241 e. The third-order valence-corrected chi connectivity index (χ3v) is 7.06. The fourth-order valence-corrected chi connectivity index (χ4v) is 6.10. The van der Waals surface area contributed by atoms with Gasteiger partial charge in [0.2, 0.25) is 11.8 Å². The minimum Gasteiger partial charge on any atom is -0.347 e. The molecule has 1 heterocycles. The fourth-order valence-electron chi connectivity index (χ4n) is 6.10. The van der Waals surface area contributed by atoms with Gasteiger partial charge < -0.3 is 10.2 Å². The Hall–Kier alpha value is -1.06. The molecular formula is C19H30N2O2. The Morgan fingerprint density at radius 1 is 1.00 bits per heavy atom.